The fraction of sp³-hybridized carbons (Fsp3) is 0.367. The van der Waals surface area contributed by atoms with E-state index in [1.165, 1.54) is 4.90 Å². The highest BCUT2D eigenvalue weighted by atomic mass is 32.1. The number of aryl methyl sites for hydroxylation is 2. The minimum absolute atomic E-state index is 0.0376. The third kappa shape index (κ3) is 6.41. The van der Waals surface area contributed by atoms with Gasteiger partial charge in [0.05, 0.1) is 34.8 Å². The van der Waals surface area contributed by atoms with Gasteiger partial charge in [-0.3, -0.25) is 14.4 Å². The Labute approximate surface area is 232 Å². The average molecular weight is 545 g/mol. The van der Waals surface area contributed by atoms with E-state index in [2.05, 4.69) is 15.1 Å². The zero-order chi connectivity index (χ0) is 28.1. The Morgan fingerprint density at radius 1 is 1.18 bits per heavy atom. The van der Waals surface area contributed by atoms with Crippen LogP contribution in [0.1, 0.15) is 48.3 Å². The van der Waals surface area contributed by atoms with Gasteiger partial charge in [-0.15, -0.1) is 11.3 Å². The Hall–Kier alpha value is -3.87. The maximum absolute atomic E-state index is 13.6. The maximum Gasteiger partial charge on any atom is 0.246 e. The Bertz CT molecular complexity index is 1390. The summed E-state index contributed by atoms with van der Waals surface area (Å²) in [4.78, 5) is 50.1. The molecule has 2 amide bonds. The van der Waals surface area contributed by atoms with E-state index < -0.39 is 30.0 Å². The average Bonchev–Trinajstić information content (AvgIpc) is 3.55. The number of β-amino-alcohol motifs (C(OH)–C–C–N with tert-alkyl or cyclic N) is 1. The highest BCUT2D eigenvalue weighted by Crippen LogP contribution is 2.28. The van der Waals surface area contributed by atoms with Crippen molar-refractivity contribution in [3.05, 3.63) is 82.3 Å². The molecule has 0 unspecified atom stereocenters. The number of carbonyl (C=O) groups is 3. The Kier molecular flexibility index (Phi) is 8.90. The first-order chi connectivity index (χ1) is 18.7. The van der Waals surface area contributed by atoms with Crippen molar-refractivity contribution in [2.75, 3.05) is 6.54 Å². The molecule has 2 N–H and O–H groups in total. The molecule has 1 aromatic heterocycles. The van der Waals surface area contributed by atoms with E-state index in [1.54, 1.807) is 35.6 Å². The van der Waals surface area contributed by atoms with Crippen LogP contribution in [0, 0.1) is 19.4 Å². The number of rotatable bonds is 9. The van der Waals surface area contributed by atoms with Gasteiger partial charge in [-0.05, 0) is 30.4 Å². The molecule has 1 aliphatic heterocycles. The van der Waals surface area contributed by atoms with Crippen LogP contribution >= 0.6 is 11.3 Å². The van der Waals surface area contributed by atoms with Gasteiger partial charge in [-0.2, -0.15) is 0 Å². The molecule has 39 heavy (non-hydrogen) atoms. The first-order valence-electron chi connectivity index (χ1n) is 13.0. The molecule has 8 nitrogen and oxygen atoms in total. The minimum Gasteiger partial charge on any atom is -0.391 e. The lowest BCUT2D eigenvalue weighted by molar-refractivity contribution is -0.140. The molecular weight excluding hydrogens is 512 g/mol. The molecule has 0 aliphatic carbocycles. The summed E-state index contributed by atoms with van der Waals surface area (Å²) in [5.41, 5.74) is 5.29. The molecule has 0 radical (unpaired) electrons. The van der Waals surface area contributed by atoms with Gasteiger partial charge >= 0.3 is 0 Å². The number of benzene rings is 2. The van der Waals surface area contributed by atoms with Crippen LogP contribution in [0.5, 0.6) is 0 Å². The van der Waals surface area contributed by atoms with Gasteiger partial charge in [0.25, 0.3) is 0 Å². The number of ketones is 1. The summed E-state index contributed by atoms with van der Waals surface area (Å²) in [6.45, 7) is 12.9. The Morgan fingerprint density at radius 3 is 2.54 bits per heavy atom. The van der Waals surface area contributed by atoms with E-state index in [-0.39, 0.29) is 42.3 Å². The summed E-state index contributed by atoms with van der Waals surface area (Å²) in [5, 5.41) is 13.1. The maximum atomic E-state index is 13.6. The van der Waals surface area contributed by atoms with Crippen LogP contribution in [0.2, 0.25) is 0 Å². The first kappa shape index (κ1) is 28.1. The van der Waals surface area contributed by atoms with E-state index in [9.17, 15) is 19.5 Å². The van der Waals surface area contributed by atoms with Crippen molar-refractivity contribution >= 4 is 34.6 Å². The number of Topliss-reactive ketones (excluding diaryl/α,β-unsaturated/α-hetero) is 1. The van der Waals surface area contributed by atoms with Gasteiger partial charge in [-0.25, -0.2) is 9.83 Å². The highest BCUT2D eigenvalue weighted by Gasteiger charge is 2.41. The number of amides is 2. The molecule has 3 atom stereocenters. The molecule has 202 valence electrons. The summed E-state index contributed by atoms with van der Waals surface area (Å²) in [5.74, 6) is -1.31. The van der Waals surface area contributed by atoms with Crippen molar-refractivity contribution in [1.29, 1.82) is 0 Å². The van der Waals surface area contributed by atoms with Crippen molar-refractivity contribution in [2.24, 2.45) is 5.92 Å². The molecule has 0 spiro atoms. The zero-order valence-corrected chi connectivity index (χ0v) is 23.1. The number of carbonyl (C=O) groups excluding carboxylic acids is 3. The van der Waals surface area contributed by atoms with Crippen LogP contribution in [-0.2, 0) is 16.0 Å². The van der Waals surface area contributed by atoms with Crippen molar-refractivity contribution < 1.29 is 19.5 Å². The topological polar surface area (TPSA) is 104 Å². The third-order valence-electron chi connectivity index (χ3n) is 7.04. The summed E-state index contributed by atoms with van der Waals surface area (Å²) in [6.07, 6.45) is 0.119. The molecule has 2 heterocycles. The van der Waals surface area contributed by atoms with E-state index in [1.807, 2.05) is 50.5 Å². The molecule has 1 aliphatic rings. The smallest absolute Gasteiger partial charge is 0.246 e. The standard InChI is InChI=1S/C30H32N4O4S/c1-18(2)27(33-29(37)23-7-5-6-8-24(23)31-4)30(38)34-16-22(35)15-25(34)26(36)14-11-20-9-12-21(13-10-20)28-19(3)32-17-39-28/h5-10,12-13,17-18,22,25,27,35H,11,14-16H2,1-3H3,(H,33,37)/t22-,25+,27+/m1/s1. The Morgan fingerprint density at radius 2 is 1.90 bits per heavy atom. The number of aromatic nitrogens is 1. The summed E-state index contributed by atoms with van der Waals surface area (Å²) in [7, 11) is 0. The van der Waals surface area contributed by atoms with Gasteiger partial charge in [-0.1, -0.05) is 62.4 Å². The van der Waals surface area contributed by atoms with Crippen LogP contribution in [0.15, 0.2) is 54.0 Å². The van der Waals surface area contributed by atoms with Crippen molar-refractivity contribution in [3.8, 4) is 10.4 Å². The second-order valence-electron chi connectivity index (χ2n) is 10.2. The SMILES string of the molecule is [C-]#[N+]c1ccccc1C(=O)N[C@H](C(=O)N1C[C@H](O)C[C@H]1C(=O)CCc1ccc(-c2scnc2C)cc1)C(C)C. The van der Waals surface area contributed by atoms with Gasteiger partial charge < -0.3 is 15.3 Å². The monoisotopic (exact) mass is 544 g/mol. The number of likely N-dealkylation sites (tertiary alicyclic amines) is 1. The van der Waals surface area contributed by atoms with Crippen molar-refractivity contribution in [1.82, 2.24) is 15.2 Å². The van der Waals surface area contributed by atoms with E-state index in [0.29, 0.717) is 6.42 Å². The van der Waals surface area contributed by atoms with E-state index >= 15 is 0 Å². The van der Waals surface area contributed by atoms with Crippen molar-refractivity contribution in [3.63, 3.8) is 0 Å². The van der Waals surface area contributed by atoms with Gasteiger partial charge in [0.2, 0.25) is 11.8 Å². The minimum atomic E-state index is -0.903. The van der Waals surface area contributed by atoms with E-state index in [4.69, 9.17) is 6.57 Å². The number of para-hydroxylation sites is 1. The second kappa shape index (κ2) is 12.3. The second-order valence-corrected chi connectivity index (χ2v) is 11.0. The number of thiazole rings is 1. The fourth-order valence-corrected chi connectivity index (χ4v) is 5.68. The fourth-order valence-electron chi connectivity index (χ4n) is 4.87. The summed E-state index contributed by atoms with van der Waals surface area (Å²) >= 11 is 1.59. The van der Waals surface area contributed by atoms with E-state index in [0.717, 1.165) is 21.7 Å². The first-order valence-corrected chi connectivity index (χ1v) is 13.9. The van der Waals surface area contributed by atoms with Crippen LogP contribution in [0.4, 0.5) is 5.69 Å². The summed E-state index contributed by atoms with van der Waals surface area (Å²) in [6, 6.07) is 12.8. The predicted molar refractivity (Wildman–Crippen MR) is 151 cm³/mol. The molecule has 2 aromatic carbocycles. The molecule has 1 fully saturated rings. The van der Waals surface area contributed by atoms with Gasteiger partial charge in [0.1, 0.15) is 6.04 Å². The highest BCUT2D eigenvalue weighted by molar-refractivity contribution is 7.13. The quantitative estimate of drug-likeness (QED) is 0.384. The lowest BCUT2D eigenvalue weighted by atomic mass is 9.98. The van der Waals surface area contributed by atoms with Gasteiger partial charge in [0.15, 0.2) is 11.5 Å². The Balaban J connectivity index is 1.43. The van der Waals surface area contributed by atoms with Gasteiger partial charge in [0, 0.05) is 24.9 Å². The largest absolute Gasteiger partial charge is 0.391 e. The molecule has 1 saturated heterocycles. The number of aliphatic hydroxyl groups is 1. The third-order valence-corrected chi connectivity index (χ3v) is 8.02. The summed E-state index contributed by atoms with van der Waals surface area (Å²) < 4.78 is 0. The predicted octanol–water partition coefficient (Wildman–Crippen LogP) is 4.59. The molecule has 3 aromatic rings. The van der Waals surface area contributed by atoms with Crippen LogP contribution in [0.25, 0.3) is 15.3 Å². The van der Waals surface area contributed by atoms with Crippen LogP contribution < -0.4 is 5.32 Å². The number of hydrogen-bond donors (Lipinski definition) is 2. The normalized spacial score (nSPS) is 17.6. The molecular formula is C30H32N4O4S. The molecule has 0 saturated carbocycles. The van der Waals surface area contributed by atoms with Crippen LogP contribution in [-0.4, -0.2) is 57.3 Å². The number of hydrogen-bond acceptors (Lipinski definition) is 6. The molecule has 4 rings (SSSR count). The van der Waals surface area contributed by atoms with Crippen molar-refractivity contribution in [2.45, 2.75) is 58.2 Å². The number of nitrogens with zero attached hydrogens (tertiary/aromatic N) is 3. The molecule has 9 heteroatoms. The number of nitrogens with one attached hydrogen (secondary N) is 1. The lowest BCUT2D eigenvalue weighted by Crippen LogP contribution is -2.54. The number of aliphatic hydroxyl groups excluding tert-OH is 1. The molecule has 0 bridgehead atoms. The lowest BCUT2D eigenvalue weighted by Gasteiger charge is -2.30. The van der Waals surface area contributed by atoms with Crippen LogP contribution in [0.3, 0.4) is 0 Å². The zero-order valence-electron chi connectivity index (χ0n) is 22.3.